The number of sulfonamides is 1. The van der Waals surface area contributed by atoms with Crippen LogP contribution in [0.4, 0.5) is 5.69 Å². The van der Waals surface area contributed by atoms with Gasteiger partial charge in [0.25, 0.3) is 5.91 Å². The summed E-state index contributed by atoms with van der Waals surface area (Å²) in [5.41, 5.74) is 3.30. The van der Waals surface area contributed by atoms with Gasteiger partial charge in [-0.1, -0.05) is 37.6 Å². The van der Waals surface area contributed by atoms with Crippen molar-refractivity contribution in [2.24, 2.45) is 0 Å². The number of nitrogens with one attached hydrogen (secondary N) is 2. The molecule has 1 atom stereocenters. The van der Waals surface area contributed by atoms with Crippen LogP contribution in [-0.2, 0) is 23.0 Å². The van der Waals surface area contributed by atoms with Crippen molar-refractivity contribution >= 4 is 21.6 Å². The molecule has 31 heavy (non-hydrogen) atoms. The molecule has 0 unspecified atom stereocenters. The highest BCUT2D eigenvalue weighted by Gasteiger charge is 2.26. The quantitative estimate of drug-likeness (QED) is 0.620. The highest BCUT2D eigenvalue weighted by molar-refractivity contribution is 7.92. The van der Waals surface area contributed by atoms with Crippen molar-refractivity contribution in [1.82, 2.24) is 10.2 Å². The predicted molar refractivity (Wildman–Crippen MR) is 123 cm³/mol. The third-order valence-corrected chi connectivity index (χ3v) is 6.11. The van der Waals surface area contributed by atoms with Crippen LogP contribution in [0.5, 0.6) is 5.75 Å². The molecule has 1 amide bonds. The van der Waals surface area contributed by atoms with Gasteiger partial charge in [0.15, 0.2) is 0 Å². The van der Waals surface area contributed by atoms with Gasteiger partial charge in [-0.05, 0) is 48.7 Å². The zero-order valence-electron chi connectivity index (χ0n) is 18.3. The maximum Gasteiger partial charge on any atom is 0.255 e. The van der Waals surface area contributed by atoms with Crippen LogP contribution in [-0.4, -0.2) is 51.7 Å². The maximum absolute atomic E-state index is 13.0. The van der Waals surface area contributed by atoms with E-state index < -0.39 is 10.0 Å². The lowest BCUT2D eigenvalue weighted by molar-refractivity contribution is 0.0921. The smallest absolute Gasteiger partial charge is 0.255 e. The molecular formula is C23H31N3O4S. The Hall–Kier alpha value is -2.58. The fourth-order valence-corrected chi connectivity index (χ4v) is 4.49. The average Bonchev–Trinajstić information content (AvgIpc) is 2.74. The number of unbranched alkanes of at least 4 members (excludes halogenated alkanes) is 1. The van der Waals surface area contributed by atoms with E-state index in [-0.39, 0.29) is 11.9 Å². The van der Waals surface area contributed by atoms with E-state index in [1.165, 1.54) is 24.3 Å². The second-order valence-corrected chi connectivity index (χ2v) is 9.70. The Morgan fingerprint density at radius 2 is 1.94 bits per heavy atom. The first kappa shape index (κ1) is 23.1. The Labute approximate surface area is 184 Å². The first-order valence-electron chi connectivity index (χ1n) is 10.6. The van der Waals surface area contributed by atoms with E-state index in [4.69, 9.17) is 4.74 Å². The van der Waals surface area contributed by atoms with Gasteiger partial charge in [0.2, 0.25) is 10.0 Å². The number of hydrogen-bond donors (Lipinski definition) is 2. The summed E-state index contributed by atoms with van der Waals surface area (Å²) in [4.78, 5) is 15.4. The monoisotopic (exact) mass is 445 g/mol. The third kappa shape index (κ3) is 6.21. The molecule has 2 N–H and O–H groups in total. The normalized spacial score (nSPS) is 16.4. The molecule has 2 aromatic carbocycles. The average molecular weight is 446 g/mol. The van der Waals surface area contributed by atoms with Crippen LogP contribution >= 0.6 is 0 Å². The molecule has 1 heterocycles. The molecule has 1 aliphatic heterocycles. The number of hydrogen-bond acceptors (Lipinski definition) is 5. The van der Waals surface area contributed by atoms with Crippen molar-refractivity contribution in [2.75, 3.05) is 31.2 Å². The zero-order valence-corrected chi connectivity index (χ0v) is 19.2. The van der Waals surface area contributed by atoms with Crippen molar-refractivity contribution in [2.45, 2.75) is 38.8 Å². The summed E-state index contributed by atoms with van der Waals surface area (Å²) in [7, 11) is -1.96. The standard InChI is InChI=1S/C23H31N3O4S/c1-4-5-12-26-16-18-9-7-6-8-17(18)13-20(26)15-24-23(27)21-14-19(25-31(3,28)29)10-11-22(21)30-2/h6-11,14,20,25H,4-5,12-13,15-16H2,1-3H3,(H,24,27)/t20-/m0/s1. The van der Waals surface area contributed by atoms with Crippen molar-refractivity contribution in [3.05, 3.63) is 59.2 Å². The second kappa shape index (κ2) is 10.2. The fraction of sp³-hybridized carbons (Fsp3) is 0.435. The Balaban J connectivity index is 1.74. The van der Waals surface area contributed by atoms with E-state index in [1.54, 1.807) is 12.1 Å². The number of methoxy groups -OCH3 is 1. The largest absolute Gasteiger partial charge is 0.496 e. The topological polar surface area (TPSA) is 87.7 Å². The van der Waals surface area contributed by atoms with Gasteiger partial charge in [-0.3, -0.25) is 14.4 Å². The lowest BCUT2D eigenvalue weighted by Crippen LogP contribution is -2.47. The zero-order chi connectivity index (χ0) is 22.4. The van der Waals surface area contributed by atoms with Crippen LogP contribution in [0.2, 0.25) is 0 Å². The lowest BCUT2D eigenvalue weighted by Gasteiger charge is -2.37. The van der Waals surface area contributed by atoms with Crippen molar-refractivity contribution in [1.29, 1.82) is 0 Å². The minimum Gasteiger partial charge on any atom is -0.496 e. The highest BCUT2D eigenvalue weighted by Crippen LogP contribution is 2.25. The van der Waals surface area contributed by atoms with Gasteiger partial charge in [-0.2, -0.15) is 0 Å². The van der Waals surface area contributed by atoms with Gasteiger partial charge < -0.3 is 10.1 Å². The van der Waals surface area contributed by atoms with Gasteiger partial charge in [0.1, 0.15) is 5.75 Å². The SMILES string of the molecule is CCCCN1Cc2ccccc2C[C@H]1CNC(=O)c1cc(NS(C)(=O)=O)ccc1OC. The number of rotatable bonds is 9. The van der Waals surface area contributed by atoms with Gasteiger partial charge in [-0.15, -0.1) is 0 Å². The minimum atomic E-state index is -3.44. The summed E-state index contributed by atoms with van der Waals surface area (Å²) in [5, 5.41) is 3.03. The number of nitrogens with zero attached hydrogens (tertiary/aromatic N) is 1. The molecule has 7 nitrogen and oxygen atoms in total. The number of amides is 1. The highest BCUT2D eigenvalue weighted by atomic mass is 32.2. The molecule has 0 bridgehead atoms. The first-order valence-corrected chi connectivity index (χ1v) is 12.4. The number of ether oxygens (including phenoxy) is 1. The van der Waals surface area contributed by atoms with Crippen LogP contribution < -0.4 is 14.8 Å². The predicted octanol–water partition coefficient (Wildman–Crippen LogP) is 3.02. The molecule has 3 rings (SSSR count). The molecule has 0 aliphatic carbocycles. The van der Waals surface area contributed by atoms with Crippen molar-refractivity contribution in [3.8, 4) is 5.75 Å². The van der Waals surface area contributed by atoms with Crippen LogP contribution in [0, 0.1) is 0 Å². The first-order chi connectivity index (χ1) is 14.8. The van der Waals surface area contributed by atoms with Crippen molar-refractivity contribution in [3.63, 3.8) is 0 Å². The third-order valence-electron chi connectivity index (χ3n) is 5.51. The van der Waals surface area contributed by atoms with E-state index in [9.17, 15) is 13.2 Å². The van der Waals surface area contributed by atoms with Gasteiger partial charge >= 0.3 is 0 Å². The summed E-state index contributed by atoms with van der Waals surface area (Å²) < 4.78 is 30.8. The van der Waals surface area contributed by atoms with E-state index in [0.717, 1.165) is 38.6 Å². The van der Waals surface area contributed by atoms with Crippen LogP contribution in [0.15, 0.2) is 42.5 Å². The van der Waals surface area contributed by atoms with E-state index in [2.05, 4.69) is 46.1 Å². The molecule has 0 aromatic heterocycles. The van der Waals surface area contributed by atoms with Crippen LogP contribution in [0.1, 0.15) is 41.3 Å². The summed E-state index contributed by atoms with van der Waals surface area (Å²) in [6.45, 7) is 4.55. The molecule has 168 valence electrons. The van der Waals surface area contributed by atoms with Gasteiger partial charge in [-0.25, -0.2) is 8.42 Å². The summed E-state index contributed by atoms with van der Waals surface area (Å²) in [6, 6.07) is 13.3. The number of fused-ring (bicyclic) bond motifs is 1. The summed E-state index contributed by atoms with van der Waals surface area (Å²) >= 11 is 0. The van der Waals surface area contributed by atoms with Crippen molar-refractivity contribution < 1.29 is 17.9 Å². The molecule has 0 saturated carbocycles. The van der Waals surface area contributed by atoms with Crippen LogP contribution in [0.3, 0.4) is 0 Å². The summed E-state index contributed by atoms with van der Waals surface area (Å²) in [5.74, 6) is 0.108. The fourth-order valence-electron chi connectivity index (χ4n) is 3.93. The Kier molecular flexibility index (Phi) is 7.56. The van der Waals surface area contributed by atoms with E-state index in [1.807, 2.05) is 0 Å². The van der Waals surface area contributed by atoms with E-state index in [0.29, 0.717) is 23.5 Å². The molecule has 1 aliphatic rings. The minimum absolute atomic E-state index is 0.203. The lowest BCUT2D eigenvalue weighted by atomic mass is 9.93. The molecule has 0 saturated heterocycles. The second-order valence-electron chi connectivity index (χ2n) is 7.95. The number of anilines is 1. The Morgan fingerprint density at radius 1 is 1.19 bits per heavy atom. The molecule has 0 radical (unpaired) electrons. The molecule has 2 aromatic rings. The number of benzene rings is 2. The molecule has 0 spiro atoms. The van der Waals surface area contributed by atoms with Crippen LogP contribution in [0.25, 0.3) is 0 Å². The molecule has 0 fully saturated rings. The van der Waals surface area contributed by atoms with Gasteiger partial charge in [0, 0.05) is 24.8 Å². The Bertz CT molecular complexity index is 1020. The number of carbonyl (C=O) groups is 1. The molecular weight excluding hydrogens is 414 g/mol. The number of carbonyl (C=O) groups excluding carboxylic acids is 1. The maximum atomic E-state index is 13.0. The van der Waals surface area contributed by atoms with Gasteiger partial charge in [0.05, 0.1) is 18.9 Å². The molecule has 8 heteroatoms. The Morgan fingerprint density at radius 3 is 2.61 bits per heavy atom. The summed E-state index contributed by atoms with van der Waals surface area (Å²) in [6.07, 6.45) is 4.18. The van der Waals surface area contributed by atoms with E-state index >= 15 is 0 Å².